The van der Waals surface area contributed by atoms with E-state index in [1.165, 1.54) is 7.11 Å². The number of hydrogen-bond acceptors (Lipinski definition) is 3. The Labute approximate surface area is 128 Å². The number of aryl methyl sites for hydroxylation is 1. The van der Waals surface area contributed by atoms with Gasteiger partial charge in [-0.15, -0.1) is 0 Å². The molecule has 0 heterocycles. The van der Waals surface area contributed by atoms with Crippen LogP contribution in [-0.2, 0) is 9.53 Å². The summed E-state index contributed by atoms with van der Waals surface area (Å²) in [6.07, 6.45) is 2.41. The number of rotatable bonds is 6. The van der Waals surface area contributed by atoms with Gasteiger partial charge in [0.25, 0.3) is 5.91 Å². The highest BCUT2D eigenvalue weighted by molar-refractivity contribution is 9.10. The zero-order valence-electron chi connectivity index (χ0n) is 12.0. The van der Waals surface area contributed by atoms with Crippen LogP contribution in [0.25, 0.3) is 0 Å². The molecule has 1 N–H and O–H groups in total. The number of esters is 1. The smallest absolute Gasteiger partial charge is 0.328 e. The second-order valence-electron chi connectivity index (χ2n) is 4.66. The lowest BCUT2D eigenvalue weighted by Crippen LogP contribution is -2.41. The molecule has 4 nitrogen and oxygen atoms in total. The molecule has 0 aliphatic heterocycles. The highest BCUT2D eigenvalue weighted by atomic mass is 79.9. The van der Waals surface area contributed by atoms with Gasteiger partial charge in [0.2, 0.25) is 0 Å². The van der Waals surface area contributed by atoms with E-state index in [0.717, 1.165) is 22.9 Å². The van der Waals surface area contributed by atoms with E-state index in [0.29, 0.717) is 12.0 Å². The van der Waals surface area contributed by atoms with Crippen molar-refractivity contribution in [3.05, 3.63) is 33.8 Å². The first-order valence-corrected chi connectivity index (χ1v) is 7.43. The SMILES string of the molecule is CCCCC(NC(=O)c1ccc(Br)c(C)c1)C(=O)OC. The molecule has 1 amide bonds. The number of nitrogens with one attached hydrogen (secondary N) is 1. The summed E-state index contributed by atoms with van der Waals surface area (Å²) in [7, 11) is 1.33. The van der Waals surface area contributed by atoms with Gasteiger partial charge in [-0.05, 0) is 37.1 Å². The molecule has 0 spiro atoms. The molecule has 110 valence electrons. The Hall–Kier alpha value is -1.36. The second-order valence-corrected chi connectivity index (χ2v) is 5.51. The van der Waals surface area contributed by atoms with Crippen molar-refractivity contribution in [3.63, 3.8) is 0 Å². The molecule has 0 saturated heterocycles. The Morgan fingerprint density at radius 1 is 1.40 bits per heavy atom. The van der Waals surface area contributed by atoms with Crippen LogP contribution in [0.4, 0.5) is 0 Å². The third-order valence-corrected chi connectivity index (χ3v) is 3.95. The van der Waals surface area contributed by atoms with Crippen molar-refractivity contribution in [2.24, 2.45) is 0 Å². The molecule has 0 saturated carbocycles. The van der Waals surface area contributed by atoms with E-state index in [2.05, 4.69) is 21.2 Å². The van der Waals surface area contributed by atoms with Crippen LogP contribution in [-0.4, -0.2) is 25.0 Å². The monoisotopic (exact) mass is 341 g/mol. The van der Waals surface area contributed by atoms with Gasteiger partial charge in [-0.1, -0.05) is 35.7 Å². The quantitative estimate of drug-likeness (QED) is 0.808. The summed E-state index contributed by atoms with van der Waals surface area (Å²) in [4.78, 5) is 23.8. The Balaban J connectivity index is 2.78. The molecule has 5 heteroatoms. The standard InChI is InChI=1S/C15H20BrNO3/c1-4-5-6-13(15(19)20-3)17-14(18)11-7-8-12(16)10(2)9-11/h7-9,13H,4-6H2,1-3H3,(H,17,18). The van der Waals surface area contributed by atoms with Crippen LogP contribution in [0.2, 0.25) is 0 Å². The normalized spacial score (nSPS) is 11.8. The Morgan fingerprint density at radius 2 is 2.10 bits per heavy atom. The van der Waals surface area contributed by atoms with E-state index in [-0.39, 0.29) is 5.91 Å². The zero-order valence-corrected chi connectivity index (χ0v) is 13.6. The van der Waals surface area contributed by atoms with Gasteiger partial charge in [-0.3, -0.25) is 4.79 Å². The van der Waals surface area contributed by atoms with Crippen molar-refractivity contribution in [1.29, 1.82) is 0 Å². The molecular formula is C15H20BrNO3. The van der Waals surface area contributed by atoms with Crippen molar-refractivity contribution in [1.82, 2.24) is 5.32 Å². The third kappa shape index (κ3) is 4.63. The van der Waals surface area contributed by atoms with Gasteiger partial charge in [0.05, 0.1) is 7.11 Å². The molecule has 20 heavy (non-hydrogen) atoms. The van der Waals surface area contributed by atoms with Crippen molar-refractivity contribution < 1.29 is 14.3 Å². The number of carbonyl (C=O) groups excluding carboxylic acids is 2. The van der Waals surface area contributed by atoms with Crippen molar-refractivity contribution >= 4 is 27.8 Å². The number of hydrogen-bond donors (Lipinski definition) is 1. The molecule has 0 aliphatic carbocycles. The fourth-order valence-corrected chi connectivity index (χ4v) is 2.07. The Morgan fingerprint density at radius 3 is 2.65 bits per heavy atom. The van der Waals surface area contributed by atoms with Crippen LogP contribution in [0.1, 0.15) is 42.1 Å². The van der Waals surface area contributed by atoms with Gasteiger partial charge in [-0.25, -0.2) is 4.79 Å². The molecule has 0 fully saturated rings. The Bertz CT molecular complexity index is 488. The van der Waals surface area contributed by atoms with Gasteiger partial charge in [0, 0.05) is 10.0 Å². The maximum Gasteiger partial charge on any atom is 0.328 e. The van der Waals surface area contributed by atoms with Crippen molar-refractivity contribution in [3.8, 4) is 0 Å². The maximum atomic E-state index is 12.2. The highest BCUT2D eigenvalue weighted by Gasteiger charge is 2.21. The summed E-state index contributed by atoms with van der Waals surface area (Å²) in [5.74, 6) is -0.660. The lowest BCUT2D eigenvalue weighted by atomic mass is 10.1. The predicted octanol–water partition coefficient (Wildman–Crippen LogP) is 3.22. The van der Waals surface area contributed by atoms with Crippen LogP contribution < -0.4 is 5.32 Å². The molecule has 1 rings (SSSR count). The van der Waals surface area contributed by atoms with Crippen LogP contribution in [0.15, 0.2) is 22.7 Å². The lowest BCUT2D eigenvalue weighted by Gasteiger charge is -2.16. The first-order valence-electron chi connectivity index (χ1n) is 6.64. The zero-order chi connectivity index (χ0) is 15.1. The van der Waals surface area contributed by atoms with Crippen LogP contribution in [0.5, 0.6) is 0 Å². The summed E-state index contributed by atoms with van der Waals surface area (Å²) >= 11 is 3.39. The van der Waals surface area contributed by atoms with Crippen LogP contribution in [0.3, 0.4) is 0 Å². The van der Waals surface area contributed by atoms with E-state index in [4.69, 9.17) is 4.74 Å². The highest BCUT2D eigenvalue weighted by Crippen LogP contribution is 2.17. The van der Waals surface area contributed by atoms with Crippen molar-refractivity contribution in [2.45, 2.75) is 39.2 Å². The number of halogens is 1. The number of amides is 1. The largest absolute Gasteiger partial charge is 0.467 e. The number of methoxy groups -OCH3 is 1. The molecule has 1 aromatic carbocycles. The van der Waals surface area contributed by atoms with Crippen LogP contribution >= 0.6 is 15.9 Å². The van der Waals surface area contributed by atoms with Gasteiger partial charge in [0.15, 0.2) is 0 Å². The predicted molar refractivity (Wildman–Crippen MR) is 81.7 cm³/mol. The molecule has 0 radical (unpaired) electrons. The first kappa shape index (κ1) is 16.7. The van der Waals surface area contributed by atoms with E-state index in [9.17, 15) is 9.59 Å². The van der Waals surface area contributed by atoms with E-state index < -0.39 is 12.0 Å². The summed E-state index contributed by atoms with van der Waals surface area (Å²) in [6, 6.07) is 4.74. The minimum absolute atomic E-state index is 0.257. The average molecular weight is 342 g/mol. The van der Waals surface area contributed by atoms with Gasteiger partial charge < -0.3 is 10.1 Å². The summed E-state index contributed by atoms with van der Waals surface area (Å²) in [6.45, 7) is 3.95. The number of carbonyl (C=O) groups is 2. The summed E-state index contributed by atoms with van der Waals surface area (Å²) in [5.41, 5.74) is 1.51. The van der Waals surface area contributed by atoms with E-state index in [1.807, 2.05) is 19.9 Å². The fourth-order valence-electron chi connectivity index (χ4n) is 1.83. The Kier molecular flexibility index (Phi) is 6.71. The molecule has 0 aromatic heterocycles. The number of ether oxygens (including phenoxy) is 1. The number of unbranched alkanes of at least 4 members (excludes halogenated alkanes) is 1. The molecule has 1 unspecified atom stereocenters. The van der Waals surface area contributed by atoms with Crippen LogP contribution in [0, 0.1) is 6.92 Å². The van der Waals surface area contributed by atoms with Gasteiger partial charge in [-0.2, -0.15) is 0 Å². The summed E-state index contributed by atoms with van der Waals surface area (Å²) < 4.78 is 5.68. The van der Waals surface area contributed by atoms with E-state index >= 15 is 0 Å². The molecule has 1 aromatic rings. The van der Waals surface area contributed by atoms with Gasteiger partial charge >= 0.3 is 5.97 Å². The molecular weight excluding hydrogens is 322 g/mol. The topological polar surface area (TPSA) is 55.4 Å². The molecule has 1 atom stereocenters. The summed E-state index contributed by atoms with van der Waals surface area (Å²) in [5, 5.41) is 2.74. The van der Waals surface area contributed by atoms with Gasteiger partial charge in [0.1, 0.15) is 6.04 Å². The lowest BCUT2D eigenvalue weighted by molar-refractivity contribution is -0.143. The second kappa shape index (κ2) is 8.04. The number of benzene rings is 1. The first-order chi connectivity index (χ1) is 9.49. The third-order valence-electron chi connectivity index (χ3n) is 3.06. The molecule has 0 aliphatic rings. The van der Waals surface area contributed by atoms with E-state index in [1.54, 1.807) is 12.1 Å². The maximum absolute atomic E-state index is 12.2. The van der Waals surface area contributed by atoms with Crippen molar-refractivity contribution in [2.75, 3.05) is 7.11 Å². The fraction of sp³-hybridized carbons (Fsp3) is 0.467. The minimum atomic E-state index is -0.587. The minimum Gasteiger partial charge on any atom is -0.467 e. The molecule has 0 bridgehead atoms. The average Bonchev–Trinajstić information content (AvgIpc) is 2.45.